The third-order valence-corrected chi connectivity index (χ3v) is 4.65. The number of aliphatic hydroxyl groups excluding tert-OH is 1. The molecule has 25 heavy (non-hydrogen) atoms. The monoisotopic (exact) mass is 340 g/mol. The van der Waals surface area contributed by atoms with Crippen LogP contribution in [-0.4, -0.2) is 40.0 Å². The molecule has 0 spiro atoms. The minimum absolute atomic E-state index is 0.173. The SMILES string of the molecule is Cc1c(/C=C/C(=O)Nc2ccccc2N2CCC(O)CC2)cnn1C. The largest absolute Gasteiger partial charge is 0.393 e. The highest BCUT2D eigenvalue weighted by Gasteiger charge is 2.19. The van der Waals surface area contributed by atoms with Gasteiger partial charge in [-0.2, -0.15) is 5.10 Å². The Balaban J connectivity index is 1.70. The van der Waals surface area contributed by atoms with Gasteiger partial charge in [-0.3, -0.25) is 9.48 Å². The van der Waals surface area contributed by atoms with Gasteiger partial charge in [-0.25, -0.2) is 0 Å². The number of amides is 1. The summed E-state index contributed by atoms with van der Waals surface area (Å²) in [6.45, 7) is 3.54. The number of benzene rings is 1. The highest BCUT2D eigenvalue weighted by Crippen LogP contribution is 2.28. The average Bonchev–Trinajstić information content (AvgIpc) is 2.93. The molecule has 1 aromatic carbocycles. The molecule has 2 aromatic rings. The summed E-state index contributed by atoms with van der Waals surface area (Å²) in [5.74, 6) is -0.173. The van der Waals surface area contributed by atoms with Crippen LogP contribution in [0.5, 0.6) is 0 Å². The number of nitrogens with one attached hydrogen (secondary N) is 1. The van der Waals surface area contributed by atoms with E-state index in [1.54, 1.807) is 17.0 Å². The van der Waals surface area contributed by atoms with E-state index >= 15 is 0 Å². The van der Waals surface area contributed by atoms with Gasteiger partial charge in [-0.05, 0) is 38.0 Å². The van der Waals surface area contributed by atoms with Gasteiger partial charge in [-0.15, -0.1) is 0 Å². The van der Waals surface area contributed by atoms with Crippen molar-refractivity contribution in [2.24, 2.45) is 7.05 Å². The molecule has 2 heterocycles. The minimum atomic E-state index is -0.219. The quantitative estimate of drug-likeness (QED) is 0.838. The van der Waals surface area contributed by atoms with Crippen molar-refractivity contribution in [1.82, 2.24) is 9.78 Å². The number of anilines is 2. The van der Waals surface area contributed by atoms with E-state index in [4.69, 9.17) is 0 Å². The van der Waals surface area contributed by atoms with Gasteiger partial charge in [0, 0.05) is 37.5 Å². The van der Waals surface area contributed by atoms with Gasteiger partial charge in [0.15, 0.2) is 0 Å². The number of carbonyl (C=O) groups excluding carboxylic acids is 1. The Bertz CT molecular complexity index is 773. The standard InChI is InChI=1S/C19H24N4O2/c1-14-15(13-20-22(14)2)7-8-19(25)21-17-5-3-4-6-18(17)23-11-9-16(24)10-12-23/h3-8,13,16,24H,9-12H2,1-2H3,(H,21,25)/b8-7+. The number of aromatic nitrogens is 2. The Morgan fingerprint density at radius 1 is 1.32 bits per heavy atom. The Kier molecular flexibility index (Phi) is 5.19. The van der Waals surface area contributed by atoms with Crippen molar-refractivity contribution >= 4 is 23.4 Å². The molecule has 0 aliphatic carbocycles. The summed E-state index contributed by atoms with van der Waals surface area (Å²) < 4.78 is 1.78. The predicted octanol–water partition coefficient (Wildman–Crippen LogP) is 2.34. The van der Waals surface area contributed by atoms with Crippen LogP contribution in [0.2, 0.25) is 0 Å². The predicted molar refractivity (Wildman–Crippen MR) is 99.5 cm³/mol. The summed E-state index contributed by atoms with van der Waals surface area (Å²) in [5.41, 5.74) is 3.72. The zero-order chi connectivity index (χ0) is 17.8. The van der Waals surface area contributed by atoms with Crippen LogP contribution in [-0.2, 0) is 11.8 Å². The van der Waals surface area contributed by atoms with Crippen molar-refractivity contribution in [3.8, 4) is 0 Å². The number of hydrogen-bond acceptors (Lipinski definition) is 4. The number of aliphatic hydroxyl groups is 1. The summed E-state index contributed by atoms with van der Waals surface area (Å²) in [7, 11) is 1.87. The molecule has 0 unspecified atom stereocenters. The first-order valence-corrected chi connectivity index (χ1v) is 8.54. The summed E-state index contributed by atoms with van der Waals surface area (Å²) in [4.78, 5) is 14.5. The number of piperidine rings is 1. The Morgan fingerprint density at radius 2 is 2.04 bits per heavy atom. The van der Waals surface area contributed by atoms with Crippen molar-refractivity contribution in [3.63, 3.8) is 0 Å². The zero-order valence-corrected chi connectivity index (χ0v) is 14.6. The fraction of sp³-hybridized carbons (Fsp3) is 0.368. The highest BCUT2D eigenvalue weighted by molar-refractivity contribution is 6.03. The summed E-state index contributed by atoms with van der Waals surface area (Å²) in [5, 5.41) is 16.8. The second-order valence-electron chi connectivity index (χ2n) is 6.37. The van der Waals surface area contributed by atoms with Crippen LogP contribution in [0.1, 0.15) is 24.1 Å². The molecule has 132 valence electrons. The maximum absolute atomic E-state index is 12.3. The molecule has 1 aromatic heterocycles. The molecule has 6 heteroatoms. The smallest absolute Gasteiger partial charge is 0.248 e. The molecule has 1 saturated heterocycles. The second kappa shape index (κ2) is 7.53. The lowest BCUT2D eigenvalue weighted by Gasteiger charge is -2.32. The summed E-state index contributed by atoms with van der Waals surface area (Å²) >= 11 is 0. The number of hydrogen-bond donors (Lipinski definition) is 2. The Morgan fingerprint density at radius 3 is 2.72 bits per heavy atom. The molecular formula is C19H24N4O2. The molecule has 2 N–H and O–H groups in total. The molecular weight excluding hydrogens is 316 g/mol. The molecule has 1 aliphatic rings. The van der Waals surface area contributed by atoms with E-state index in [9.17, 15) is 9.90 Å². The second-order valence-corrected chi connectivity index (χ2v) is 6.37. The number of aryl methyl sites for hydroxylation is 1. The van der Waals surface area contributed by atoms with Crippen LogP contribution in [0, 0.1) is 6.92 Å². The van der Waals surface area contributed by atoms with Crippen molar-refractivity contribution < 1.29 is 9.90 Å². The molecule has 0 atom stereocenters. The lowest BCUT2D eigenvalue weighted by Crippen LogP contribution is -2.36. The fourth-order valence-electron chi connectivity index (χ4n) is 2.98. The Hall–Kier alpha value is -2.60. The topological polar surface area (TPSA) is 70.4 Å². The molecule has 6 nitrogen and oxygen atoms in total. The number of rotatable bonds is 4. The van der Waals surface area contributed by atoms with Gasteiger partial charge in [-0.1, -0.05) is 12.1 Å². The maximum atomic E-state index is 12.3. The minimum Gasteiger partial charge on any atom is -0.393 e. The molecule has 1 fully saturated rings. The summed E-state index contributed by atoms with van der Waals surface area (Å²) in [6, 6.07) is 7.78. The zero-order valence-electron chi connectivity index (χ0n) is 14.6. The van der Waals surface area contributed by atoms with Crippen LogP contribution >= 0.6 is 0 Å². The normalized spacial score (nSPS) is 15.7. The maximum Gasteiger partial charge on any atom is 0.248 e. The molecule has 0 bridgehead atoms. The Labute approximate surface area is 147 Å². The van der Waals surface area contributed by atoms with Crippen molar-refractivity contribution in [2.45, 2.75) is 25.9 Å². The number of nitrogens with zero attached hydrogens (tertiary/aromatic N) is 3. The van der Waals surface area contributed by atoms with Crippen LogP contribution in [0.25, 0.3) is 6.08 Å². The van der Waals surface area contributed by atoms with Crippen molar-refractivity contribution in [2.75, 3.05) is 23.3 Å². The number of para-hydroxylation sites is 2. The van der Waals surface area contributed by atoms with E-state index in [1.807, 2.05) is 38.2 Å². The van der Waals surface area contributed by atoms with Gasteiger partial charge in [0.05, 0.1) is 23.7 Å². The lowest BCUT2D eigenvalue weighted by atomic mass is 10.1. The van der Waals surface area contributed by atoms with E-state index in [-0.39, 0.29) is 12.0 Å². The van der Waals surface area contributed by atoms with Crippen LogP contribution < -0.4 is 10.2 Å². The molecule has 3 rings (SSSR count). The highest BCUT2D eigenvalue weighted by atomic mass is 16.3. The third-order valence-electron chi connectivity index (χ3n) is 4.65. The van der Waals surface area contributed by atoms with Gasteiger partial charge in [0.1, 0.15) is 0 Å². The first kappa shape index (κ1) is 17.2. The van der Waals surface area contributed by atoms with Crippen LogP contribution in [0.4, 0.5) is 11.4 Å². The third kappa shape index (κ3) is 4.09. The van der Waals surface area contributed by atoms with Crippen molar-refractivity contribution in [1.29, 1.82) is 0 Å². The van der Waals surface area contributed by atoms with E-state index < -0.39 is 0 Å². The molecule has 0 radical (unpaired) electrons. The van der Waals surface area contributed by atoms with Crippen molar-refractivity contribution in [3.05, 3.63) is 47.8 Å². The molecule has 1 aliphatic heterocycles. The van der Waals surface area contributed by atoms with Crippen LogP contribution in [0.3, 0.4) is 0 Å². The number of carbonyl (C=O) groups is 1. The van der Waals surface area contributed by atoms with Gasteiger partial charge >= 0.3 is 0 Å². The van der Waals surface area contributed by atoms with E-state index in [2.05, 4.69) is 15.3 Å². The first-order valence-electron chi connectivity index (χ1n) is 8.54. The van der Waals surface area contributed by atoms with Gasteiger partial charge in [0.2, 0.25) is 5.91 Å². The molecule has 1 amide bonds. The summed E-state index contributed by atoms with van der Waals surface area (Å²) in [6.07, 6.45) is 6.33. The first-order chi connectivity index (χ1) is 12.0. The lowest BCUT2D eigenvalue weighted by molar-refractivity contribution is -0.111. The van der Waals surface area contributed by atoms with Gasteiger partial charge in [0.25, 0.3) is 0 Å². The van der Waals surface area contributed by atoms with Gasteiger partial charge < -0.3 is 15.3 Å². The van der Waals surface area contributed by atoms with E-state index in [0.717, 1.165) is 48.6 Å². The fourth-order valence-corrected chi connectivity index (χ4v) is 2.98. The molecule has 0 saturated carbocycles. The van der Waals surface area contributed by atoms with Crippen LogP contribution in [0.15, 0.2) is 36.5 Å². The average molecular weight is 340 g/mol. The van der Waals surface area contributed by atoms with E-state index in [0.29, 0.717) is 0 Å². The van der Waals surface area contributed by atoms with E-state index in [1.165, 1.54) is 6.08 Å².